The van der Waals surface area contributed by atoms with Crippen molar-refractivity contribution >= 4 is 15.9 Å². The average Bonchev–Trinajstić information content (AvgIpc) is 2.26. The monoisotopic (exact) mass is 277 g/mol. The highest BCUT2D eigenvalue weighted by Crippen LogP contribution is 2.10. The maximum absolute atomic E-state index is 12.0. The summed E-state index contributed by atoms with van der Waals surface area (Å²) in [6.07, 6.45) is 1.85. The number of piperazine rings is 1. The average molecular weight is 277 g/mol. The summed E-state index contributed by atoms with van der Waals surface area (Å²) in [4.78, 5) is 13.7. The number of nitrogens with zero attached hydrogens (tertiary/aromatic N) is 2. The molecule has 1 amide bonds. The Hall–Kier alpha value is -0.660. The van der Waals surface area contributed by atoms with E-state index in [9.17, 15) is 13.2 Å². The van der Waals surface area contributed by atoms with Gasteiger partial charge in [0.2, 0.25) is 15.9 Å². The van der Waals surface area contributed by atoms with Crippen LogP contribution < -0.4 is 5.73 Å². The van der Waals surface area contributed by atoms with Gasteiger partial charge in [0.05, 0.1) is 12.3 Å². The van der Waals surface area contributed by atoms with Crippen LogP contribution in [0, 0.1) is 5.92 Å². The smallest absolute Gasteiger partial charge is 0.239 e. The van der Waals surface area contributed by atoms with Gasteiger partial charge >= 0.3 is 0 Å². The first-order chi connectivity index (χ1) is 8.21. The van der Waals surface area contributed by atoms with Crippen molar-refractivity contribution < 1.29 is 13.2 Å². The van der Waals surface area contributed by atoms with Crippen LogP contribution in [0.4, 0.5) is 0 Å². The van der Waals surface area contributed by atoms with E-state index in [0.717, 1.165) is 0 Å². The van der Waals surface area contributed by atoms with E-state index in [0.29, 0.717) is 38.5 Å². The Morgan fingerprint density at radius 3 is 2.11 bits per heavy atom. The molecule has 1 atom stereocenters. The Morgan fingerprint density at radius 1 is 1.22 bits per heavy atom. The van der Waals surface area contributed by atoms with Crippen molar-refractivity contribution in [2.75, 3.05) is 32.4 Å². The maximum atomic E-state index is 12.0. The summed E-state index contributed by atoms with van der Waals surface area (Å²) in [5.41, 5.74) is 5.85. The standard InChI is InChI=1S/C11H23N3O3S/c1-9(2)8-10(12)11(15)13-4-6-14(7-5-13)18(3,16)17/h9-10H,4-8,12H2,1-3H3/t10-/m0/s1. The molecule has 0 radical (unpaired) electrons. The van der Waals surface area contributed by atoms with E-state index < -0.39 is 16.1 Å². The van der Waals surface area contributed by atoms with E-state index in [4.69, 9.17) is 5.73 Å². The molecule has 7 heteroatoms. The summed E-state index contributed by atoms with van der Waals surface area (Å²) >= 11 is 0. The second-order valence-electron chi connectivity index (χ2n) is 5.22. The third-order valence-corrected chi connectivity index (χ3v) is 4.37. The van der Waals surface area contributed by atoms with Crippen LogP contribution in [0.25, 0.3) is 0 Å². The van der Waals surface area contributed by atoms with E-state index >= 15 is 0 Å². The topological polar surface area (TPSA) is 83.7 Å². The lowest BCUT2D eigenvalue weighted by atomic mass is 10.0. The highest BCUT2D eigenvalue weighted by Gasteiger charge is 2.28. The van der Waals surface area contributed by atoms with Crippen LogP contribution in [0.1, 0.15) is 20.3 Å². The zero-order valence-electron chi connectivity index (χ0n) is 11.3. The van der Waals surface area contributed by atoms with Gasteiger partial charge in [-0.2, -0.15) is 4.31 Å². The van der Waals surface area contributed by atoms with E-state index in [1.807, 2.05) is 13.8 Å². The Kier molecular flexibility index (Phi) is 5.12. The van der Waals surface area contributed by atoms with Crippen LogP contribution >= 0.6 is 0 Å². The van der Waals surface area contributed by atoms with Crippen LogP contribution in [-0.2, 0) is 14.8 Å². The third-order valence-electron chi connectivity index (χ3n) is 3.06. The normalized spacial score (nSPS) is 20.2. The van der Waals surface area contributed by atoms with Gasteiger partial charge in [-0.1, -0.05) is 13.8 Å². The van der Waals surface area contributed by atoms with Gasteiger partial charge in [-0.05, 0) is 12.3 Å². The minimum absolute atomic E-state index is 0.0724. The lowest BCUT2D eigenvalue weighted by molar-refractivity contribution is -0.134. The lowest BCUT2D eigenvalue weighted by Gasteiger charge is -2.34. The fourth-order valence-electron chi connectivity index (χ4n) is 2.08. The summed E-state index contributed by atoms with van der Waals surface area (Å²) in [6, 6.07) is -0.477. The molecule has 0 aliphatic carbocycles. The number of nitrogens with two attached hydrogens (primary N) is 1. The van der Waals surface area contributed by atoms with E-state index in [1.165, 1.54) is 10.6 Å². The minimum Gasteiger partial charge on any atom is -0.339 e. The molecule has 1 fully saturated rings. The number of sulfonamides is 1. The number of carbonyl (C=O) groups excluding carboxylic acids is 1. The summed E-state index contributed by atoms with van der Waals surface area (Å²) in [7, 11) is -3.15. The van der Waals surface area contributed by atoms with Gasteiger partial charge in [0.15, 0.2) is 0 Å². The molecular formula is C11H23N3O3S. The van der Waals surface area contributed by atoms with Crippen LogP contribution in [-0.4, -0.2) is 62.0 Å². The quantitative estimate of drug-likeness (QED) is 0.748. The van der Waals surface area contributed by atoms with Gasteiger partial charge < -0.3 is 10.6 Å². The second kappa shape index (κ2) is 5.99. The Bertz CT molecular complexity index is 386. The molecule has 0 aromatic carbocycles. The predicted molar refractivity (Wildman–Crippen MR) is 70.4 cm³/mol. The number of rotatable bonds is 4. The molecule has 0 saturated carbocycles. The largest absolute Gasteiger partial charge is 0.339 e. The molecule has 0 aromatic heterocycles. The first-order valence-corrected chi connectivity index (χ1v) is 8.06. The zero-order chi connectivity index (χ0) is 13.9. The summed E-state index contributed by atoms with van der Waals surface area (Å²) in [6.45, 7) is 5.62. The maximum Gasteiger partial charge on any atom is 0.239 e. The Morgan fingerprint density at radius 2 is 1.72 bits per heavy atom. The fourth-order valence-corrected chi connectivity index (χ4v) is 2.91. The van der Waals surface area contributed by atoms with Crippen LogP contribution in [0.2, 0.25) is 0 Å². The van der Waals surface area contributed by atoms with Crippen molar-refractivity contribution in [1.29, 1.82) is 0 Å². The molecule has 1 aliphatic rings. The molecular weight excluding hydrogens is 254 g/mol. The Labute approximate surface area is 109 Å². The van der Waals surface area contributed by atoms with Gasteiger partial charge in [-0.25, -0.2) is 8.42 Å². The van der Waals surface area contributed by atoms with Gasteiger partial charge in [-0.15, -0.1) is 0 Å². The molecule has 0 aromatic rings. The highest BCUT2D eigenvalue weighted by atomic mass is 32.2. The van der Waals surface area contributed by atoms with Gasteiger partial charge in [0.25, 0.3) is 0 Å². The van der Waals surface area contributed by atoms with Crippen molar-refractivity contribution in [3.63, 3.8) is 0 Å². The molecule has 0 spiro atoms. The molecule has 106 valence electrons. The van der Waals surface area contributed by atoms with E-state index in [-0.39, 0.29) is 5.91 Å². The summed E-state index contributed by atoms with van der Waals surface area (Å²) in [5.74, 6) is 0.304. The summed E-state index contributed by atoms with van der Waals surface area (Å²) in [5, 5.41) is 0. The van der Waals surface area contributed by atoms with Crippen molar-refractivity contribution in [1.82, 2.24) is 9.21 Å². The molecule has 1 saturated heterocycles. The number of carbonyl (C=O) groups is 1. The van der Waals surface area contributed by atoms with Crippen molar-refractivity contribution in [3.8, 4) is 0 Å². The lowest BCUT2D eigenvalue weighted by Crippen LogP contribution is -2.54. The predicted octanol–water partition coefficient (Wildman–Crippen LogP) is -0.536. The summed E-state index contributed by atoms with van der Waals surface area (Å²) < 4.78 is 24.1. The molecule has 6 nitrogen and oxygen atoms in total. The Balaban J connectivity index is 2.50. The van der Waals surface area contributed by atoms with Crippen LogP contribution in [0.3, 0.4) is 0 Å². The molecule has 1 aliphatic heterocycles. The van der Waals surface area contributed by atoms with Crippen molar-refractivity contribution in [2.45, 2.75) is 26.3 Å². The van der Waals surface area contributed by atoms with Gasteiger partial charge in [-0.3, -0.25) is 4.79 Å². The van der Waals surface area contributed by atoms with Crippen molar-refractivity contribution in [3.05, 3.63) is 0 Å². The van der Waals surface area contributed by atoms with Gasteiger partial charge in [0, 0.05) is 26.2 Å². The fraction of sp³-hybridized carbons (Fsp3) is 0.909. The molecule has 18 heavy (non-hydrogen) atoms. The molecule has 0 unspecified atom stereocenters. The van der Waals surface area contributed by atoms with Gasteiger partial charge in [0.1, 0.15) is 0 Å². The second-order valence-corrected chi connectivity index (χ2v) is 7.21. The molecule has 0 bridgehead atoms. The van der Waals surface area contributed by atoms with Crippen molar-refractivity contribution in [2.24, 2.45) is 11.7 Å². The van der Waals surface area contributed by atoms with Crippen LogP contribution in [0.5, 0.6) is 0 Å². The molecule has 1 heterocycles. The number of hydrogen-bond acceptors (Lipinski definition) is 4. The molecule has 2 N–H and O–H groups in total. The number of amides is 1. The number of hydrogen-bond donors (Lipinski definition) is 1. The minimum atomic E-state index is -3.15. The molecule has 1 rings (SSSR count). The third kappa shape index (κ3) is 4.22. The first-order valence-electron chi connectivity index (χ1n) is 6.21. The zero-order valence-corrected chi connectivity index (χ0v) is 12.1. The first kappa shape index (κ1) is 15.4. The van der Waals surface area contributed by atoms with Crippen LogP contribution in [0.15, 0.2) is 0 Å². The van der Waals surface area contributed by atoms with E-state index in [1.54, 1.807) is 4.90 Å². The highest BCUT2D eigenvalue weighted by molar-refractivity contribution is 7.88. The van der Waals surface area contributed by atoms with E-state index in [2.05, 4.69) is 0 Å². The SMILES string of the molecule is CC(C)C[C@H](N)C(=O)N1CCN(S(C)(=O)=O)CC1.